The number of ether oxygens (including phenoxy) is 1. The van der Waals surface area contributed by atoms with E-state index in [1.54, 1.807) is 6.26 Å². The molecule has 2 aliphatic heterocycles. The van der Waals surface area contributed by atoms with Crippen molar-refractivity contribution in [3.05, 3.63) is 76.0 Å². The first-order chi connectivity index (χ1) is 9.29. The molecule has 2 nitrogen and oxygen atoms in total. The molecule has 4 rings (SSSR count). The molecule has 1 atom stereocenters. The maximum Gasteiger partial charge on any atom is 0.213 e. The molecule has 0 aromatic heterocycles. The highest BCUT2D eigenvalue weighted by Gasteiger charge is 2.44. The summed E-state index contributed by atoms with van der Waals surface area (Å²) in [5.74, 6) is 0. The summed E-state index contributed by atoms with van der Waals surface area (Å²) in [5.41, 5.74) is 4.11. The quantitative estimate of drug-likeness (QED) is 0.788. The van der Waals surface area contributed by atoms with Gasteiger partial charge in [-0.3, -0.25) is 5.32 Å². The second kappa shape index (κ2) is 3.86. The fourth-order valence-electron chi connectivity index (χ4n) is 2.94. The van der Waals surface area contributed by atoms with Crippen LogP contribution in [0.5, 0.6) is 0 Å². The third-order valence-electron chi connectivity index (χ3n) is 3.81. The molecule has 2 aromatic rings. The molecular formula is C16H12ClNO. The van der Waals surface area contributed by atoms with E-state index in [0.717, 1.165) is 22.7 Å². The first-order valence-corrected chi connectivity index (χ1v) is 6.65. The lowest BCUT2D eigenvalue weighted by Gasteiger charge is -2.34. The van der Waals surface area contributed by atoms with E-state index >= 15 is 0 Å². The normalized spacial score (nSPS) is 23.0. The summed E-state index contributed by atoms with van der Waals surface area (Å²) in [4.78, 5) is 0. The Labute approximate surface area is 116 Å². The summed E-state index contributed by atoms with van der Waals surface area (Å²) in [6.45, 7) is 0.812. The number of hydrogen-bond donors (Lipinski definition) is 1. The molecule has 0 aliphatic carbocycles. The van der Waals surface area contributed by atoms with E-state index in [9.17, 15) is 0 Å². The van der Waals surface area contributed by atoms with Gasteiger partial charge in [0.05, 0.1) is 6.26 Å². The zero-order valence-electron chi connectivity index (χ0n) is 10.2. The van der Waals surface area contributed by atoms with Gasteiger partial charge < -0.3 is 4.74 Å². The van der Waals surface area contributed by atoms with E-state index in [1.807, 2.05) is 30.3 Å². The summed E-state index contributed by atoms with van der Waals surface area (Å²) in [5, 5.41) is 4.24. The lowest BCUT2D eigenvalue weighted by atomic mass is 9.89. The number of hydrogen-bond acceptors (Lipinski definition) is 2. The smallest absolute Gasteiger partial charge is 0.213 e. The molecule has 2 aromatic carbocycles. The number of benzene rings is 2. The Kier molecular flexibility index (Phi) is 2.25. The van der Waals surface area contributed by atoms with Crippen molar-refractivity contribution in [2.45, 2.75) is 12.3 Å². The molecule has 1 N–H and O–H groups in total. The molecule has 0 bridgehead atoms. The van der Waals surface area contributed by atoms with Crippen molar-refractivity contribution in [2.24, 2.45) is 0 Å². The van der Waals surface area contributed by atoms with Crippen molar-refractivity contribution in [1.82, 2.24) is 5.32 Å². The van der Waals surface area contributed by atoms with Crippen LogP contribution in [0, 0.1) is 0 Å². The summed E-state index contributed by atoms with van der Waals surface area (Å²) in [7, 11) is 0. The highest BCUT2D eigenvalue weighted by atomic mass is 35.5. The van der Waals surface area contributed by atoms with Crippen molar-refractivity contribution >= 4 is 17.7 Å². The van der Waals surface area contributed by atoms with Gasteiger partial charge in [-0.2, -0.15) is 0 Å². The lowest BCUT2D eigenvalue weighted by Crippen LogP contribution is -2.41. The minimum Gasteiger partial charge on any atom is -0.472 e. The largest absolute Gasteiger partial charge is 0.472 e. The van der Waals surface area contributed by atoms with Gasteiger partial charge in [-0.25, -0.2) is 0 Å². The van der Waals surface area contributed by atoms with E-state index in [1.165, 1.54) is 11.1 Å². The fourth-order valence-corrected chi connectivity index (χ4v) is 3.12. The maximum absolute atomic E-state index is 6.08. The molecule has 0 fully saturated rings. The standard InChI is InChI=1S/C16H12ClNO/c17-13-5-6-15-11(9-13)7-8-19-16(15)14-4-2-1-3-12(14)10-18-16/h1-9,18H,10H2. The van der Waals surface area contributed by atoms with Crippen LogP contribution in [-0.4, -0.2) is 0 Å². The van der Waals surface area contributed by atoms with Gasteiger partial charge in [0.1, 0.15) is 0 Å². The van der Waals surface area contributed by atoms with Crippen LogP contribution in [-0.2, 0) is 17.0 Å². The summed E-state index contributed by atoms with van der Waals surface area (Å²) in [6.07, 6.45) is 3.70. The van der Waals surface area contributed by atoms with Gasteiger partial charge in [-0.15, -0.1) is 0 Å². The van der Waals surface area contributed by atoms with Gasteiger partial charge >= 0.3 is 0 Å². The highest BCUT2D eigenvalue weighted by molar-refractivity contribution is 6.30. The van der Waals surface area contributed by atoms with Crippen LogP contribution >= 0.6 is 11.6 Å². The van der Waals surface area contributed by atoms with E-state index < -0.39 is 5.72 Å². The van der Waals surface area contributed by atoms with Crippen molar-refractivity contribution in [2.75, 3.05) is 0 Å². The zero-order chi connectivity index (χ0) is 12.9. The molecule has 3 heteroatoms. The predicted octanol–water partition coefficient (Wildman–Crippen LogP) is 3.65. The second-order valence-corrected chi connectivity index (χ2v) is 5.28. The number of fused-ring (bicyclic) bond motifs is 4. The van der Waals surface area contributed by atoms with Crippen LogP contribution < -0.4 is 5.32 Å². The number of halogens is 1. The first kappa shape index (κ1) is 11.1. The minimum atomic E-state index is -0.564. The van der Waals surface area contributed by atoms with Crippen molar-refractivity contribution in [3.8, 4) is 0 Å². The van der Waals surface area contributed by atoms with Gasteiger partial charge in [0, 0.05) is 22.7 Å². The average molecular weight is 270 g/mol. The van der Waals surface area contributed by atoms with E-state index in [2.05, 4.69) is 23.5 Å². The van der Waals surface area contributed by atoms with Gasteiger partial charge in [-0.05, 0) is 29.3 Å². The van der Waals surface area contributed by atoms with Crippen LogP contribution in [0.3, 0.4) is 0 Å². The number of nitrogens with one attached hydrogen (secondary N) is 1. The van der Waals surface area contributed by atoms with Gasteiger partial charge in [0.2, 0.25) is 5.72 Å². The average Bonchev–Trinajstić information content (AvgIpc) is 2.79. The summed E-state index contributed by atoms with van der Waals surface area (Å²) in [6, 6.07) is 14.3. The lowest BCUT2D eigenvalue weighted by molar-refractivity contribution is 0.0317. The SMILES string of the molecule is Clc1ccc2c(c1)C=COC21NCc2ccccc21. The number of rotatable bonds is 0. The Morgan fingerprint density at radius 1 is 1.11 bits per heavy atom. The van der Waals surface area contributed by atoms with Gasteiger partial charge in [0.25, 0.3) is 0 Å². The Morgan fingerprint density at radius 3 is 2.95 bits per heavy atom. The zero-order valence-corrected chi connectivity index (χ0v) is 10.9. The van der Waals surface area contributed by atoms with E-state index in [4.69, 9.17) is 16.3 Å². The Bertz CT molecular complexity index is 695. The molecular weight excluding hydrogens is 258 g/mol. The molecule has 1 spiro atoms. The maximum atomic E-state index is 6.08. The van der Waals surface area contributed by atoms with Crippen molar-refractivity contribution in [1.29, 1.82) is 0 Å². The Hall–Kier alpha value is -1.77. The van der Waals surface area contributed by atoms with Gasteiger partial charge in [0.15, 0.2) is 0 Å². The fraction of sp³-hybridized carbons (Fsp3) is 0.125. The van der Waals surface area contributed by atoms with Crippen LogP contribution in [0.1, 0.15) is 22.3 Å². The van der Waals surface area contributed by atoms with E-state index in [-0.39, 0.29) is 0 Å². The van der Waals surface area contributed by atoms with Crippen LogP contribution in [0.2, 0.25) is 5.02 Å². The first-order valence-electron chi connectivity index (χ1n) is 6.27. The molecule has 0 saturated heterocycles. The molecule has 0 saturated carbocycles. The molecule has 94 valence electrons. The molecule has 0 radical (unpaired) electrons. The molecule has 19 heavy (non-hydrogen) atoms. The Morgan fingerprint density at radius 2 is 2.00 bits per heavy atom. The van der Waals surface area contributed by atoms with E-state index in [0.29, 0.717) is 0 Å². The summed E-state index contributed by atoms with van der Waals surface area (Å²) >= 11 is 6.08. The van der Waals surface area contributed by atoms with Crippen molar-refractivity contribution in [3.63, 3.8) is 0 Å². The summed E-state index contributed by atoms with van der Waals surface area (Å²) < 4.78 is 5.98. The van der Waals surface area contributed by atoms with Crippen LogP contribution in [0.25, 0.3) is 6.08 Å². The highest BCUT2D eigenvalue weighted by Crippen LogP contribution is 2.42. The third kappa shape index (κ3) is 1.47. The molecule has 2 heterocycles. The topological polar surface area (TPSA) is 21.3 Å². The van der Waals surface area contributed by atoms with Crippen molar-refractivity contribution < 1.29 is 4.74 Å². The monoisotopic (exact) mass is 269 g/mol. The van der Waals surface area contributed by atoms with Crippen LogP contribution in [0.15, 0.2) is 48.7 Å². The molecule has 1 unspecified atom stereocenters. The molecule has 2 aliphatic rings. The van der Waals surface area contributed by atoms with Gasteiger partial charge in [-0.1, -0.05) is 41.9 Å². The second-order valence-electron chi connectivity index (χ2n) is 4.84. The third-order valence-corrected chi connectivity index (χ3v) is 4.04. The minimum absolute atomic E-state index is 0.564. The predicted molar refractivity (Wildman–Crippen MR) is 75.6 cm³/mol. The van der Waals surface area contributed by atoms with Crippen LogP contribution in [0.4, 0.5) is 0 Å². The molecule has 0 amide bonds. The Balaban J connectivity index is 1.98.